The number of hydrogen-bond donors (Lipinski definition) is 1. The molecule has 14 heavy (non-hydrogen) atoms. The Morgan fingerprint density at radius 1 is 1.43 bits per heavy atom. The molecule has 1 aromatic heterocycles. The third-order valence-corrected chi connectivity index (χ3v) is 2.87. The van der Waals surface area contributed by atoms with Crippen LogP contribution in [0.4, 0.5) is 0 Å². The molecular formula is C10H11N3O. The summed E-state index contributed by atoms with van der Waals surface area (Å²) in [7, 11) is 1.86. The first-order valence-corrected chi connectivity index (χ1v) is 4.71. The highest BCUT2D eigenvalue weighted by Gasteiger charge is 2.42. The normalized spacial score (nSPS) is 18.7. The average Bonchev–Trinajstić information content (AvgIpc) is 2.84. The number of hydrogen-bond acceptors (Lipinski definition) is 3. The topological polar surface area (TPSA) is 50.9 Å². The van der Waals surface area contributed by atoms with Gasteiger partial charge >= 0.3 is 0 Å². The fourth-order valence-corrected chi connectivity index (χ4v) is 1.73. The van der Waals surface area contributed by atoms with E-state index in [1.807, 2.05) is 25.2 Å². The molecule has 2 aromatic rings. The molecule has 0 bridgehead atoms. The standard InChI is InChI=1S/C10H11N3O/c1-13-9-6-7(10(14)4-5-10)2-3-8(9)11-12-13/h2-3,6,14H,4-5H2,1H3. The number of nitrogens with zero attached hydrogens (tertiary/aromatic N) is 3. The molecule has 0 saturated heterocycles. The SMILES string of the molecule is Cn1nnc2ccc(C3(O)CC3)cc21. The minimum atomic E-state index is -0.571. The highest BCUT2D eigenvalue weighted by atomic mass is 16.3. The molecule has 1 fully saturated rings. The van der Waals surface area contributed by atoms with Gasteiger partial charge in [-0.15, -0.1) is 5.10 Å². The molecule has 3 rings (SSSR count). The summed E-state index contributed by atoms with van der Waals surface area (Å²) in [6.07, 6.45) is 1.73. The van der Waals surface area contributed by atoms with Crippen LogP contribution in [0.2, 0.25) is 0 Å². The maximum absolute atomic E-state index is 9.94. The van der Waals surface area contributed by atoms with Gasteiger partial charge in [-0.3, -0.25) is 0 Å². The van der Waals surface area contributed by atoms with Crippen LogP contribution in [0, 0.1) is 0 Å². The summed E-state index contributed by atoms with van der Waals surface area (Å²) in [5.41, 5.74) is 2.26. The van der Waals surface area contributed by atoms with Gasteiger partial charge in [0.2, 0.25) is 0 Å². The number of aliphatic hydroxyl groups is 1. The Bertz CT molecular complexity index is 499. The summed E-state index contributed by atoms with van der Waals surface area (Å²) < 4.78 is 1.73. The zero-order valence-corrected chi connectivity index (χ0v) is 7.94. The van der Waals surface area contributed by atoms with Gasteiger partial charge in [-0.1, -0.05) is 11.3 Å². The fourth-order valence-electron chi connectivity index (χ4n) is 1.73. The maximum atomic E-state index is 9.94. The van der Waals surface area contributed by atoms with E-state index in [4.69, 9.17) is 0 Å². The van der Waals surface area contributed by atoms with Gasteiger partial charge in [0.1, 0.15) is 5.52 Å². The van der Waals surface area contributed by atoms with Gasteiger partial charge < -0.3 is 5.11 Å². The van der Waals surface area contributed by atoms with Crippen LogP contribution in [-0.4, -0.2) is 20.1 Å². The van der Waals surface area contributed by atoms with Crippen molar-refractivity contribution < 1.29 is 5.11 Å². The van der Waals surface area contributed by atoms with Gasteiger partial charge in [0.25, 0.3) is 0 Å². The first-order valence-electron chi connectivity index (χ1n) is 4.71. The second kappa shape index (κ2) is 2.33. The molecule has 4 heteroatoms. The number of aromatic nitrogens is 3. The van der Waals surface area contributed by atoms with E-state index in [1.165, 1.54) is 0 Å². The minimum Gasteiger partial charge on any atom is -0.385 e. The lowest BCUT2D eigenvalue weighted by atomic mass is 10.1. The van der Waals surface area contributed by atoms with Crippen molar-refractivity contribution >= 4 is 11.0 Å². The van der Waals surface area contributed by atoms with Crippen LogP contribution >= 0.6 is 0 Å². The highest BCUT2D eigenvalue weighted by Crippen LogP contribution is 2.45. The van der Waals surface area contributed by atoms with E-state index < -0.39 is 5.60 Å². The Morgan fingerprint density at radius 2 is 2.21 bits per heavy atom. The van der Waals surface area contributed by atoms with E-state index >= 15 is 0 Å². The van der Waals surface area contributed by atoms with Crippen molar-refractivity contribution in [2.45, 2.75) is 18.4 Å². The minimum absolute atomic E-state index is 0.571. The van der Waals surface area contributed by atoms with E-state index in [-0.39, 0.29) is 0 Å². The van der Waals surface area contributed by atoms with Crippen LogP contribution in [0.5, 0.6) is 0 Å². The Balaban J connectivity index is 2.23. The third-order valence-electron chi connectivity index (χ3n) is 2.87. The maximum Gasteiger partial charge on any atom is 0.113 e. The summed E-state index contributed by atoms with van der Waals surface area (Å²) in [6, 6.07) is 5.82. The molecule has 0 radical (unpaired) electrons. The smallest absolute Gasteiger partial charge is 0.113 e. The van der Waals surface area contributed by atoms with Gasteiger partial charge in [-0.2, -0.15) is 0 Å². The molecule has 1 aromatic carbocycles. The van der Waals surface area contributed by atoms with Crippen LogP contribution in [0.15, 0.2) is 18.2 Å². The number of rotatable bonds is 1. The summed E-state index contributed by atoms with van der Waals surface area (Å²) in [6.45, 7) is 0. The van der Waals surface area contributed by atoms with Crippen LogP contribution in [0.3, 0.4) is 0 Å². The van der Waals surface area contributed by atoms with Crippen molar-refractivity contribution in [2.75, 3.05) is 0 Å². The second-order valence-corrected chi connectivity index (χ2v) is 3.95. The first kappa shape index (κ1) is 7.94. The summed E-state index contributed by atoms with van der Waals surface area (Å²) >= 11 is 0. The fraction of sp³-hybridized carbons (Fsp3) is 0.400. The molecule has 1 aliphatic carbocycles. The lowest BCUT2D eigenvalue weighted by molar-refractivity contribution is 0.151. The van der Waals surface area contributed by atoms with Crippen molar-refractivity contribution in [1.29, 1.82) is 0 Å². The molecule has 0 aliphatic heterocycles. The van der Waals surface area contributed by atoms with Crippen molar-refractivity contribution in [3.8, 4) is 0 Å². The van der Waals surface area contributed by atoms with Crippen molar-refractivity contribution in [3.05, 3.63) is 23.8 Å². The Labute approximate surface area is 81.2 Å². The van der Waals surface area contributed by atoms with Gasteiger partial charge in [-0.05, 0) is 30.5 Å². The Hall–Kier alpha value is -1.42. The number of benzene rings is 1. The molecule has 1 N–H and O–H groups in total. The number of fused-ring (bicyclic) bond motifs is 1. The predicted molar refractivity (Wildman–Crippen MR) is 51.6 cm³/mol. The molecule has 1 heterocycles. The van der Waals surface area contributed by atoms with Crippen LogP contribution in [0.1, 0.15) is 18.4 Å². The van der Waals surface area contributed by atoms with Crippen molar-refractivity contribution in [2.24, 2.45) is 7.05 Å². The lowest BCUT2D eigenvalue weighted by Crippen LogP contribution is -2.03. The van der Waals surface area contributed by atoms with Crippen molar-refractivity contribution in [3.63, 3.8) is 0 Å². The van der Waals surface area contributed by atoms with Gasteiger partial charge in [0.15, 0.2) is 0 Å². The molecular weight excluding hydrogens is 178 g/mol. The molecule has 4 nitrogen and oxygen atoms in total. The van der Waals surface area contributed by atoms with E-state index in [2.05, 4.69) is 10.3 Å². The monoisotopic (exact) mass is 189 g/mol. The molecule has 1 saturated carbocycles. The first-order chi connectivity index (χ1) is 6.69. The summed E-state index contributed by atoms with van der Waals surface area (Å²) in [4.78, 5) is 0. The van der Waals surface area contributed by atoms with E-state index in [0.717, 1.165) is 29.4 Å². The average molecular weight is 189 g/mol. The zero-order chi connectivity index (χ0) is 9.76. The predicted octanol–water partition coefficient (Wildman–Crippen LogP) is 0.950. The molecule has 72 valence electrons. The van der Waals surface area contributed by atoms with Gasteiger partial charge in [0, 0.05) is 7.05 Å². The largest absolute Gasteiger partial charge is 0.385 e. The molecule has 0 amide bonds. The zero-order valence-electron chi connectivity index (χ0n) is 7.94. The van der Waals surface area contributed by atoms with Crippen molar-refractivity contribution in [1.82, 2.24) is 15.0 Å². The van der Waals surface area contributed by atoms with Gasteiger partial charge in [-0.25, -0.2) is 4.68 Å². The van der Waals surface area contributed by atoms with E-state index in [1.54, 1.807) is 4.68 Å². The lowest BCUT2D eigenvalue weighted by Gasteiger charge is -2.07. The Kier molecular flexibility index (Phi) is 1.32. The van der Waals surface area contributed by atoms with Gasteiger partial charge in [0.05, 0.1) is 11.1 Å². The third kappa shape index (κ3) is 0.974. The highest BCUT2D eigenvalue weighted by molar-refractivity contribution is 5.75. The molecule has 1 aliphatic rings. The number of aryl methyl sites for hydroxylation is 1. The summed E-state index contributed by atoms with van der Waals surface area (Å²) in [5.74, 6) is 0. The second-order valence-electron chi connectivity index (χ2n) is 3.95. The summed E-state index contributed by atoms with van der Waals surface area (Å²) in [5, 5.41) is 17.9. The molecule has 0 atom stereocenters. The quantitative estimate of drug-likeness (QED) is 0.726. The van der Waals surface area contributed by atoms with Crippen LogP contribution in [0.25, 0.3) is 11.0 Å². The molecule has 0 unspecified atom stereocenters. The van der Waals surface area contributed by atoms with E-state index in [9.17, 15) is 5.11 Å². The Morgan fingerprint density at radius 3 is 2.93 bits per heavy atom. The van der Waals surface area contributed by atoms with Crippen LogP contribution < -0.4 is 0 Å². The molecule has 0 spiro atoms. The van der Waals surface area contributed by atoms with Crippen LogP contribution in [-0.2, 0) is 12.6 Å². The van der Waals surface area contributed by atoms with E-state index in [0.29, 0.717) is 0 Å².